The fraction of sp³-hybridized carbons (Fsp3) is 0.231. The SMILES string of the molecule is CNC(=O)Cc1csc(Nc2ccc(Br)c(C(F)(F)F)c2)n1. The number of amides is 1. The van der Waals surface area contributed by atoms with E-state index in [4.69, 9.17) is 0 Å². The Balaban J connectivity index is 2.16. The maximum atomic E-state index is 12.8. The summed E-state index contributed by atoms with van der Waals surface area (Å²) >= 11 is 4.10. The molecule has 0 aliphatic rings. The lowest BCUT2D eigenvalue weighted by atomic mass is 10.2. The third kappa shape index (κ3) is 4.20. The Labute approximate surface area is 136 Å². The van der Waals surface area contributed by atoms with Gasteiger partial charge in [0.05, 0.1) is 17.7 Å². The van der Waals surface area contributed by atoms with E-state index in [9.17, 15) is 18.0 Å². The van der Waals surface area contributed by atoms with Crippen LogP contribution >= 0.6 is 27.3 Å². The number of aromatic nitrogens is 1. The second kappa shape index (κ2) is 6.66. The third-order valence-corrected chi connectivity index (χ3v) is 4.19. The Kier molecular flexibility index (Phi) is 5.07. The van der Waals surface area contributed by atoms with E-state index in [0.717, 1.165) is 6.07 Å². The molecular weight excluding hydrogens is 383 g/mol. The van der Waals surface area contributed by atoms with Gasteiger partial charge in [-0.05, 0) is 18.2 Å². The number of hydrogen-bond donors (Lipinski definition) is 2. The molecule has 1 aromatic carbocycles. The molecule has 22 heavy (non-hydrogen) atoms. The number of carbonyl (C=O) groups excluding carboxylic acids is 1. The molecule has 1 aromatic heterocycles. The first-order valence-electron chi connectivity index (χ1n) is 6.08. The number of likely N-dealkylation sites (N-methyl/N-ethyl adjacent to an activating group) is 1. The van der Waals surface area contributed by atoms with E-state index in [0.29, 0.717) is 10.8 Å². The predicted molar refractivity (Wildman–Crippen MR) is 82.3 cm³/mol. The van der Waals surface area contributed by atoms with E-state index in [1.165, 1.54) is 30.5 Å². The Bertz CT molecular complexity index is 687. The summed E-state index contributed by atoms with van der Waals surface area (Å²) in [6, 6.07) is 3.84. The Morgan fingerprint density at radius 2 is 2.14 bits per heavy atom. The fourth-order valence-electron chi connectivity index (χ4n) is 1.64. The van der Waals surface area contributed by atoms with Crippen molar-refractivity contribution in [2.75, 3.05) is 12.4 Å². The molecule has 0 atom stereocenters. The largest absolute Gasteiger partial charge is 0.417 e. The van der Waals surface area contributed by atoms with E-state index < -0.39 is 11.7 Å². The van der Waals surface area contributed by atoms with Gasteiger partial charge in [0.25, 0.3) is 0 Å². The minimum Gasteiger partial charge on any atom is -0.359 e. The van der Waals surface area contributed by atoms with Crippen molar-refractivity contribution in [3.05, 3.63) is 39.3 Å². The number of hydrogen-bond acceptors (Lipinski definition) is 4. The van der Waals surface area contributed by atoms with Crippen LogP contribution in [0.5, 0.6) is 0 Å². The molecule has 0 radical (unpaired) electrons. The van der Waals surface area contributed by atoms with Crippen molar-refractivity contribution in [3.8, 4) is 0 Å². The van der Waals surface area contributed by atoms with E-state index >= 15 is 0 Å². The summed E-state index contributed by atoms with van der Waals surface area (Å²) in [5, 5.41) is 7.39. The van der Waals surface area contributed by atoms with Crippen molar-refractivity contribution < 1.29 is 18.0 Å². The Morgan fingerprint density at radius 1 is 1.41 bits per heavy atom. The van der Waals surface area contributed by atoms with Crippen molar-refractivity contribution in [1.82, 2.24) is 10.3 Å². The number of alkyl halides is 3. The van der Waals surface area contributed by atoms with Gasteiger partial charge in [-0.1, -0.05) is 15.9 Å². The molecule has 118 valence electrons. The average Bonchev–Trinajstić information content (AvgIpc) is 2.86. The van der Waals surface area contributed by atoms with Crippen LogP contribution in [0.25, 0.3) is 0 Å². The highest BCUT2D eigenvalue weighted by atomic mass is 79.9. The number of carbonyl (C=O) groups is 1. The van der Waals surface area contributed by atoms with Gasteiger partial charge in [-0.25, -0.2) is 4.98 Å². The molecule has 0 bridgehead atoms. The highest BCUT2D eigenvalue weighted by Crippen LogP contribution is 2.37. The molecule has 1 heterocycles. The molecule has 0 aliphatic heterocycles. The third-order valence-electron chi connectivity index (χ3n) is 2.70. The minimum absolute atomic E-state index is 0.0232. The van der Waals surface area contributed by atoms with Gasteiger partial charge in [0, 0.05) is 22.6 Å². The van der Waals surface area contributed by atoms with Gasteiger partial charge in [0.2, 0.25) is 5.91 Å². The van der Waals surface area contributed by atoms with E-state index in [1.54, 1.807) is 5.38 Å². The zero-order valence-corrected chi connectivity index (χ0v) is 13.7. The monoisotopic (exact) mass is 393 g/mol. The van der Waals surface area contributed by atoms with Crippen molar-refractivity contribution in [2.45, 2.75) is 12.6 Å². The molecule has 2 rings (SSSR count). The van der Waals surface area contributed by atoms with Crippen molar-refractivity contribution in [1.29, 1.82) is 0 Å². The second-order valence-corrected chi connectivity index (χ2v) is 6.02. The van der Waals surface area contributed by atoms with Crippen molar-refractivity contribution in [2.24, 2.45) is 0 Å². The highest BCUT2D eigenvalue weighted by molar-refractivity contribution is 9.10. The normalized spacial score (nSPS) is 11.3. The molecule has 0 aliphatic carbocycles. The number of thiazole rings is 1. The van der Waals surface area contributed by atoms with Crippen LogP contribution in [0.15, 0.2) is 28.1 Å². The van der Waals surface area contributed by atoms with Gasteiger partial charge in [-0.3, -0.25) is 4.79 Å². The van der Waals surface area contributed by atoms with Crippen molar-refractivity contribution in [3.63, 3.8) is 0 Å². The molecule has 4 nitrogen and oxygen atoms in total. The lowest BCUT2D eigenvalue weighted by Crippen LogP contribution is -2.20. The summed E-state index contributed by atoms with van der Waals surface area (Å²) < 4.78 is 38.5. The first kappa shape index (κ1) is 16.8. The number of benzene rings is 1. The van der Waals surface area contributed by atoms with Gasteiger partial charge in [-0.2, -0.15) is 13.2 Å². The zero-order valence-electron chi connectivity index (χ0n) is 11.3. The zero-order chi connectivity index (χ0) is 16.3. The molecule has 1 amide bonds. The summed E-state index contributed by atoms with van der Waals surface area (Å²) in [5.41, 5.74) is 0.0658. The molecule has 0 unspecified atom stereocenters. The maximum Gasteiger partial charge on any atom is 0.417 e. The number of anilines is 2. The van der Waals surface area contributed by atoms with Crippen LogP contribution in [-0.2, 0) is 17.4 Å². The Hall–Kier alpha value is -1.61. The Morgan fingerprint density at radius 3 is 2.77 bits per heavy atom. The summed E-state index contributed by atoms with van der Waals surface area (Å²) in [6.45, 7) is 0. The summed E-state index contributed by atoms with van der Waals surface area (Å²) in [6.07, 6.45) is -4.31. The number of nitrogens with zero attached hydrogens (tertiary/aromatic N) is 1. The van der Waals surface area contributed by atoms with E-state index in [2.05, 4.69) is 31.5 Å². The first-order chi connectivity index (χ1) is 10.3. The molecule has 2 aromatic rings. The maximum absolute atomic E-state index is 12.8. The van der Waals surface area contributed by atoms with Crippen LogP contribution in [-0.4, -0.2) is 17.9 Å². The van der Waals surface area contributed by atoms with Gasteiger partial charge in [-0.15, -0.1) is 11.3 Å². The van der Waals surface area contributed by atoms with Gasteiger partial charge in [0.1, 0.15) is 0 Å². The van der Waals surface area contributed by atoms with Gasteiger partial charge in [0.15, 0.2) is 5.13 Å². The highest BCUT2D eigenvalue weighted by Gasteiger charge is 2.33. The molecule has 9 heteroatoms. The fourth-order valence-corrected chi connectivity index (χ4v) is 2.84. The number of halogens is 4. The number of nitrogens with one attached hydrogen (secondary N) is 2. The minimum atomic E-state index is -4.44. The standard InChI is InChI=1S/C13H11BrF3N3OS/c1-18-11(21)5-8-6-22-12(20-8)19-7-2-3-10(14)9(4-7)13(15,16)17/h2-4,6H,5H2,1H3,(H,18,21)(H,19,20). The molecule has 0 spiro atoms. The van der Waals surface area contributed by atoms with Crippen LogP contribution in [0, 0.1) is 0 Å². The smallest absolute Gasteiger partial charge is 0.359 e. The average molecular weight is 394 g/mol. The molecule has 0 saturated heterocycles. The summed E-state index contributed by atoms with van der Waals surface area (Å²) in [4.78, 5) is 15.4. The van der Waals surface area contributed by atoms with Crippen LogP contribution in [0.4, 0.5) is 24.0 Å². The predicted octanol–water partition coefficient (Wildman–Crippen LogP) is 3.96. The summed E-state index contributed by atoms with van der Waals surface area (Å²) in [5.74, 6) is -0.181. The topological polar surface area (TPSA) is 54.0 Å². The number of rotatable bonds is 4. The van der Waals surface area contributed by atoms with E-state index in [-0.39, 0.29) is 22.5 Å². The lowest BCUT2D eigenvalue weighted by Gasteiger charge is -2.11. The summed E-state index contributed by atoms with van der Waals surface area (Å²) in [7, 11) is 1.52. The van der Waals surface area contributed by atoms with Gasteiger partial charge < -0.3 is 10.6 Å². The van der Waals surface area contributed by atoms with Crippen molar-refractivity contribution >= 4 is 44.0 Å². The van der Waals surface area contributed by atoms with E-state index in [1.807, 2.05) is 0 Å². The van der Waals surface area contributed by atoms with Crippen LogP contribution < -0.4 is 10.6 Å². The second-order valence-electron chi connectivity index (χ2n) is 4.31. The van der Waals surface area contributed by atoms with Crippen LogP contribution in [0.1, 0.15) is 11.3 Å². The molecule has 2 N–H and O–H groups in total. The lowest BCUT2D eigenvalue weighted by molar-refractivity contribution is -0.138. The molecule has 0 fully saturated rings. The quantitative estimate of drug-likeness (QED) is 0.826. The molecular formula is C13H11BrF3N3OS. The van der Waals surface area contributed by atoms with Crippen LogP contribution in [0.3, 0.4) is 0 Å². The van der Waals surface area contributed by atoms with Gasteiger partial charge >= 0.3 is 6.18 Å². The van der Waals surface area contributed by atoms with Crippen LogP contribution in [0.2, 0.25) is 0 Å². The first-order valence-corrected chi connectivity index (χ1v) is 7.75. The molecule has 0 saturated carbocycles.